The Kier molecular flexibility index (Phi) is 7.07. The van der Waals surface area contributed by atoms with Crippen molar-refractivity contribution in [1.82, 2.24) is 20.6 Å². The summed E-state index contributed by atoms with van der Waals surface area (Å²) in [5.74, 6) is -0.991. The molecular weight excluding hydrogens is 427 g/mol. The molecule has 0 fully saturated rings. The fourth-order valence-electron chi connectivity index (χ4n) is 2.99. The fourth-order valence-corrected chi connectivity index (χ4v) is 3.49. The lowest BCUT2D eigenvalue weighted by molar-refractivity contribution is -0.121. The molecule has 156 valence electrons. The molecule has 0 radical (unpaired) electrons. The number of carbonyl (C=O) groups excluding carboxylic acids is 2. The van der Waals surface area contributed by atoms with E-state index >= 15 is 0 Å². The number of amides is 2. The fraction of sp³-hybridized carbons (Fsp3) is 0.238. The van der Waals surface area contributed by atoms with Crippen molar-refractivity contribution < 1.29 is 9.59 Å². The van der Waals surface area contributed by atoms with Crippen LogP contribution in [-0.4, -0.2) is 21.6 Å². The molecule has 0 saturated carbocycles. The van der Waals surface area contributed by atoms with Gasteiger partial charge in [0.25, 0.3) is 11.5 Å². The van der Waals surface area contributed by atoms with Gasteiger partial charge in [-0.05, 0) is 36.6 Å². The highest BCUT2D eigenvalue weighted by atomic mass is 35.5. The van der Waals surface area contributed by atoms with Crippen LogP contribution >= 0.6 is 23.2 Å². The van der Waals surface area contributed by atoms with Crippen molar-refractivity contribution in [2.75, 3.05) is 0 Å². The molecule has 0 aliphatic heterocycles. The van der Waals surface area contributed by atoms with E-state index in [1.54, 1.807) is 42.5 Å². The third-order valence-electron chi connectivity index (χ3n) is 4.47. The van der Waals surface area contributed by atoms with E-state index in [2.05, 4.69) is 16.0 Å². The minimum absolute atomic E-state index is 0.0692. The molecule has 1 aromatic heterocycles. The van der Waals surface area contributed by atoms with Crippen molar-refractivity contribution in [3.63, 3.8) is 0 Å². The smallest absolute Gasteiger partial charge is 0.273 e. The minimum atomic E-state index is -0.603. The van der Waals surface area contributed by atoms with Crippen LogP contribution in [0, 0.1) is 0 Å². The number of hydrogen-bond acceptors (Lipinski definition) is 4. The average Bonchev–Trinajstić information content (AvgIpc) is 2.73. The predicted octanol–water partition coefficient (Wildman–Crippen LogP) is 3.51. The average molecular weight is 447 g/mol. The first-order valence-electron chi connectivity index (χ1n) is 9.43. The van der Waals surface area contributed by atoms with Crippen LogP contribution in [0.15, 0.2) is 47.3 Å². The maximum atomic E-state index is 12.7. The number of hydrogen-bond donors (Lipinski definition) is 2. The summed E-state index contributed by atoms with van der Waals surface area (Å²) in [4.78, 5) is 37.3. The maximum Gasteiger partial charge on any atom is 0.290 e. The molecule has 30 heavy (non-hydrogen) atoms. The molecule has 3 aromatic rings. The molecule has 2 N–H and O–H groups in total. The first-order valence-corrected chi connectivity index (χ1v) is 10.2. The molecule has 7 nitrogen and oxygen atoms in total. The molecule has 1 heterocycles. The highest BCUT2D eigenvalue weighted by Gasteiger charge is 2.17. The number of fused-ring (bicyclic) bond motifs is 1. The number of rotatable bonds is 6. The van der Waals surface area contributed by atoms with Crippen molar-refractivity contribution in [3.8, 4) is 0 Å². The summed E-state index contributed by atoms with van der Waals surface area (Å²) in [7, 11) is 0. The van der Waals surface area contributed by atoms with Crippen molar-refractivity contribution in [3.05, 3.63) is 74.1 Å². The molecular formula is C21H20Cl2N4O3. The van der Waals surface area contributed by atoms with E-state index in [4.69, 9.17) is 23.2 Å². The molecule has 3 rings (SSSR count). The maximum absolute atomic E-state index is 12.7. The number of hydrazine groups is 1. The standard InChI is InChI=1S/C21H20Cl2N4O3/c1-2-11-27-21(30)16-6-4-3-5-15(16)19(26-27)20(29)25-24-18(28)10-8-13-7-9-14(22)12-17(13)23/h3-7,9,12H,2,8,10-11H2,1H3,(H,24,28)(H,25,29). The van der Waals surface area contributed by atoms with E-state index in [-0.39, 0.29) is 23.6 Å². The number of benzene rings is 2. The number of carbonyl (C=O) groups is 2. The molecule has 2 aromatic carbocycles. The molecule has 0 spiro atoms. The Morgan fingerprint density at radius 3 is 2.50 bits per heavy atom. The van der Waals surface area contributed by atoms with Crippen LogP contribution in [0.2, 0.25) is 10.0 Å². The van der Waals surface area contributed by atoms with Crippen molar-refractivity contribution in [2.24, 2.45) is 0 Å². The van der Waals surface area contributed by atoms with E-state index in [0.717, 1.165) is 5.56 Å². The number of nitrogens with zero attached hydrogens (tertiary/aromatic N) is 2. The second-order valence-electron chi connectivity index (χ2n) is 6.66. The largest absolute Gasteiger partial charge is 0.290 e. The third kappa shape index (κ3) is 4.98. The second-order valence-corrected chi connectivity index (χ2v) is 7.50. The van der Waals surface area contributed by atoms with Gasteiger partial charge in [0.05, 0.1) is 5.39 Å². The second kappa shape index (κ2) is 9.73. The highest BCUT2D eigenvalue weighted by molar-refractivity contribution is 6.35. The first kappa shape index (κ1) is 21.8. The molecule has 9 heteroatoms. The number of aromatic nitrogens is 2. The Morgan fingerprint density at radius 2 is 1.80 bits per heavy atom. The minimum Gasteiger partial charge on any atom is -0.273 e. The van der Waals surface area contributed by atoms with Gasteiger partial charge < -0.3 is 0 Å². The number of aryl methyl sites for hydroxylation is 2. The van der Waals surface area contributed by atoms with Gasteiger partial charge >= 0.3 is 0 Å². The van der Waals surface area contributed by atoms with Gasteiger partial charge in [0, 0.05) is 28.4 Å². The Balaban J connectivity index is 1.70. The summed E-state index contributed by atoms with van der Waals surface area (Å²) in [5, 5.41) is 6.01. The van der Waals surface area contributed by atoms with Crippen LogP contribution in [0.5, 0.6) is 0 Å². The van der Waals surface area contributed by atoms with Crippen LogP contribution < -0.4 is 16.4 Å². The zero-order chi connectivity index (χ0) is 21.7. The van der Waals surface area contributed by atoms with E-state index in [9.17, 15) is 14.4 Å². The van der Waals surface area contributed by atoms with Gasteiger partial charge in [0.1, 0.15) is 0 Å². The van der Waals surface area contributed by atoms with Crippen molar-refractivity contribution in [1.29, 1.82) is 0 Å². The van der Waals surface area contributed by atoms with Crippen LogP contribution in [0.25, 0.3) is 10.8 Å². The van der Waals surface area contributed by atoms with Crippen LogP contribution in [0.4, 0.5) is 0 Å². The SMILES string of the molecule is CCCn1nc(C(=O)NNC(=O)CCc2ccc(Cl)cc2Cl)c2ccccc2c1=O. The van der Waals surface area contributed by atoms with Gasteiger partial charge in [0.2, 0.25) is 5.91 Å². The van der Waals surface area contributed by atoms with Gasteiger partial charge in [-0.3, -0.25) is 25.2 Å². The van der Waals surface area contributed by atoms with Crippen LogP contribution in [0.1, 0.15) is 35.8 Å². The molecule has 0 saturated heterocycles. The molecule has 0 atom stereocenters. The highest BCUT2D eigenvalue weighted by Crippen LogP contribution is 2.22. The van der Waals surface area contributed by atoms with E-state index in [0.29, 0.717) is 40.2 Å². The van der Waals surface area contributed by atoms with Gasteiger partial charge in [-0.15, -0.1) is 0 Å². The third-order valence-corrected chi connectivity index (χ3v) is 5.06. The summed E-state index contributed by atoms with van der Waals surface area (Å²) in [6, 6.07) is 11.8. The van der Waals surface area contributed by atoms with Gasteiger partial charge in [-0.25, -0.2) is 4.68 Å². The zero-order valence-electron chi connectivity index (χ0n) is 16.2. The molecule has 0 aliphatic rings. The first-order chi connectivity index (χ1) is 14.4. The van der Waals surface area contributed by atoms with Gasteiger partial charge in [-0.2, -0.15) is 5.10 Å². The Bertz CT molecular complexity index is 1160. The summed E-state index contributed by atoms with van der Waals surface area (Å²) in [5.41, 5.74) is 5.34. The van der Waals surface area contributed by atoms with E-state index in [1.807, 2.05) is 6.92 Å². The summed E-state index contributed by atoms with van der Waals surface area (Å²) in [6.07, 6.45) is 1.20. The zero-order valence-corrected chi connectivity index (χ0v) is 17.8. The molecule has 0 bridgehead atoms. The lowest BCUT2D eigenvalue weighted by Gasteiger charge is -2.11. The monoisotopic (exact) mass is 446 g/mol. The number of nitrogens with one attached hydrogen (secondary N) is 2. The quantitative estimate of drug-likeness (QED) is 0.566. The summed E-state index contributed by atoms with van der Waals surface area (Å²) < 4.78 is 1.27. The van der Waals surface area contributed by atoms with Crippen LogP contribution in [-0.2, 0) is 17.8 Å². The summed E-state index contributed by atoms with van der Waals surface area (Å²) >= 11 is 12.0. The van der Waals surface area contributed by atoms with Crippen molar-refractivity contribution in [2.45, 2.75) is 32.7 Å². The Morgan fingerprint density at radius 1 is 1.07 bits per heavy atom. The molecule has 0 aliphatic carbocycles. The normalized spacial score (nSPS) is 10.8. The van der Waals surface area contributed by atoms with Gasteiger partial charge in [-0.1, -0.05) is 54.4 Å². The molecule has 0 unspecified atom stereocenters. The lowest BCUT2D eigenvalue weighted by atomic mass is 10.1. The Labute approximate surface area is 183 Å². The topological polar surface area (TPSA) is 93.1 Å². The van der Waals surface area contributed by atoms with E-state index in [1.165, 1.54) is 4.68 Å². The summed E-state index contributed by atoms with van der Waals surface area (Å²) in [6.45, 7) is 2.30. The lowest BCUT2D eigenvalue weighted by Crippen LogP contribution is -2.43. The Hall–Kier alpha value is -2.90. The van der Waals surface area contributed by atoms with Crippen molar-refractivity contribution >= 4 is 45.8 Å². The molecule has 2 amide bonds. The predicted molar refractivity (Wildman–Crippen MR) is 117 cm³/mol. The van der Waals surface area contributed by atoms with Crippen LogP contribution in [0.3, 0.4) is 0 Å². The van der Waals surface area contributed by atoms with E-state index < -0.39 is 5.91 Å². The van der Waals surface area contributed by atoms with Gasteiger partial charge in [0.15, 0.2) is 5.69 Å². The number of halogens is 2.